The third kappa shape index (κ3) is 5.53. The predicted octanol–water partition coefficient (Wildman–Crippen LogP) is 6.91. The number of halogens is 1. The number of anilines is 1. The van der Waals surface area contributed by atoms with E-state index in [1.54, 1.807) is 44.2 Å². The quantitative estimate of drug-likeness (QED) is 0.292. The summed E-state index contributed by atoms with van der Waals surface area (Å²) in [4.78, 5) is 24.2. The average Bonchev–Trinajstić information content (AvgIpc) is 3.19. The maximum Gasteiger partial charge on any atom is 0.412 e. The first-order valence-corrected chi connectivity index (χ1v) is 11.3. The van der Waals surface area contributed by atoms with Gasteiger partial charge in [0, 0.05) is 16.1 Å². The van der Waals surface area contributed by atoms with E-state index in [4.69, 9.17) is 20.9 Å². The van der Waals surface area contributed by atoms with Crippen LogP contribution in [-0.4, -0.2) is 22.3 Å². The van der Waals surface area contributed by atoms with Crippen LogP contribution in [0.25, 0.3) is 22.5 Å². The fraction of sp³-hybridized carbons (Fsp3) is 0.148. The van der Waals surface area contributed by atoms with Crippen LogP contribution in [0.2, 0.25) is 5.02 Å². The molecule has 4 rings (SSSR count). The van der Waals surface area contributed by atoms with Crippen molar-refractivity contribution in [3.8, 4) is 22.5 Å². The van der Waals surface area contributed by atoms with Gasteiger partial charge in [0.05, 0.1) is 6.42 Å². The van der Waals surface area contributed by atoms with Crippen LogP contribution in [-0.2, 0) is 16.0 Å². The van der Waals surface area contributed by atoms with E-state index >= 15 is 0 Å². The Hall–Kier alpha value is -4.10. The first kappa shape index (κ1) is 24.0. The minimum atomic E-state index is -0.955. The molecular weight excluding hydrogens is 468 g/mol. The molecule has 1 heterocycles. The number of aryl methyl sites for hydroxylation is 1. The minimum absolute atomic E-state index is 0.175. The summed E-state index contributed by atoms with van der Waals surface area (Å²) in [5, 5.41) is 16.6. The van der Waals surface area contributed by atoms with Gasteiger partial charge in [0.15, 0.2) is 5.76 Å². The van der Waals surface area contributed by atoms with Crippen LogP contribution in [0, 0.1) is 6.92 Å². The number of amides is 1. The molecule has 0 spiro atoms. The number of hydrogen-bond acceptors (Lipinski definition) is 5. The number of benzene rings is 3. The smallest absolute Gasteiger partial charge is 0.412 e. The van der Waals surface area contributed by atoms with Crippen LogP contribution in [0.1, 0.15) is 29.8 Å². The molecule has 0 fully saturated rings. The van der Waals surface area contributed by atoms with E-state index in [0.717, 1.165) is 11.1 Å². The molecule has 4 aromatic rings. The van der Waals surface area contributed by atoms with Crippen molar-refractivity contribution in [1.29, 1.82) is 0 Å². The second kappa shape index (κ2) is 10.4. The van der Waals surface area contributed by atoms with Gasteiger partial charge >= 0.3 is 12.1 Å². The standard InChI is InChI=1S/C27H23ClN2O5/c1-16-25(29-27(33)34-17(2)21-10-6-7-11-23(21)28)26(35-30-16)19-12-13-22(18-8-4-3-5-9-18)20(14-19)15-24(31)32/h3-14,17H,15H2,1-2H3,(H,29,33)(H,31,32). The molecule has 0 aliphatic carbocycles. The van der Waals surface area contributed by atoms with Crippen LogP contribution < -0.4 is 5.32 Å². The lowest BCUT2D eigenvalue weighted by Gasteiger charge is -2.15. The topological polar surface area (TPSA) is 102 Å². The molecule has 0 radical (unpaired) electrons. The van der Waals surface area contributed by atoms with E-state index in [1.807, 2.05) is 42.5 Å². The number of hydrogen-bond donors (Lipinski definition) is 2. The number of carboxylic acids is 1. The molecule has 7 nitrogen and oxygen atoms in total. The zero-order valence-electron chi connectivity index (χ0n) is 19.1. The summed E-state index contributed by atoms with van der Waals surface area (Å²) in [5.74, 6) is -0.653. The number of nitrogens with zero attached hydrogens (tertiary/aromatic N) is 1. The highest BCUT2D eigenvalue weighted by Crippen LogP contribution is 2.35. The zero-order chi connectivity index (χ0) is 24.9. The Bertz CT molecular complexity index is 1370. The van der Waals surface area contributed by atoms with Crippen molar-refractivity contribution in [2.45, 2.75) is 26.4 Å². The van der Waals surface area contributed by atoms with Gasteiger partial charge in [0.2, 0.25) is 0 Å². The van der Waals surface area contributed by atoms with Crippen molar-refractivity contribution in [3.05, 3.63) is 94.6 Å². The van der Waals surface area contributed by atoms with Gasteiger partial charge in [-0.05, 0) is 42.7 Å². The van der Waals surface area contributed by atoms with Crippen LogP contribution in [0.15, 0.2) is 77.3 Å². The zero-order valence-corrected chi connectivity index (χ0v) is 19.9. The van der Waals surface area contributed by atoms with E-state index in [1.165, 1.54) is 0 Å². The number of aliphatic carboxylic acids is 1. The summed E-state index contributed by atoms with van der Waals surface area (Å²) < 4.78 is 11.0. The van der Waals surface area contributed by atoms with Crippen molar-refractivity contribution in [2.75, 3.05) is 5.32 Å². The van der Waals surface area contributed by atoms with Gasteiger partial charge in [-0.25, -0.2) is 4.79 Å². The van der Waals surface area contributed by atoms with E-state index in [0.29, 0.717) is 38.9 Å². The SMILES string of the molecule is Cc1noc(-c2ccc(-c3ccccc3)c(CC(=O)O)c2)c1NC(=O)OC(C)c1ccccc1Cl. The second-order valence-corrected chi connectivity index (χ2v) is 8.38. The lowest BCUT2D eigenvalue weighted by Crippen LogP contribution is -2.17. The first-order valence-electron chi connectivity index (χ1n) is 10.9. The van der Waals surface area contributed by atoms with Crippen LogP contribution in [0.4, 0.5) is 10.5 Å². The van der Waals surface area contributed by atoms with E-state index in [-0.39, 0.29) is 6.42 Å². The van der Waals surface area contributed by atoms with Crippen molar-refractivity contribution < 1.29 is 24.0 Å². The average molecular weight is 491 g/mol. The van der Waals surface area contributed by atoms with E-state index in [9.17, 15) is 14.7 Å². The maximum absolute atomic E-state index is 12.7. The molecule has 1 unspecified atom stereocenters. The normalized spacial score (nSPS) is 11.6. The van der Waals surface area contributed by atoms with Gasteiger partial charge in [0.25, 0.3) is 0 Å². The Morgan fingerprint density at radius 2 is 1.77 bits per heavy atom. The molecule has 8 heteroatoms. The molecule has 1 atom stereocenters. The van der Waals surface area contributed by atoms with Gasteiger partial charge < -0.3 is 14.4 Å². The van der Waals surface area contributed by atoms with E-state index in [2.05, 4.69) is 10.5 Å². The van der Waals surface area contributed by atoms with Crippen LogP contribution >= 0.6 is 11.6 Å². The largest absolute Gasteiger partial charge is 0.481 e. The number of ether oxygens (including phenoxy) is 1. The van der Waals surface area contributed by atoms with Crippen molar-refractivity contribution in [2.24, 2.45) is 0 Å². The first-order chi connectivity index (χ1) is 16.8. The summed E-state index contributed by atoms with van der Waals surface area (Å²) in [6.45, 7) is 3.42. The van der Waals surface area contributed by atoms with Crippen molar-refractivity contribution in [3.63, 3.8) is 0 Å². The predicted molar refractivity (Wildman–Crippen MR) is 133 cm³/mol. The van der Waals surface area contributed by atoms with E-state index < -0.39 is 18.2 Å². The highest BCUT2D eigenvalue weighted by molar-refractivity contribution is 6.31. The molecule has 35 heavy (non-hydrogen) atoms. The van der Waals surface area contributed by atoms with Gasteiger partial charge in [-0.1, -0.05) is 77.4 Å². The molecular formula is C27H23ClN2O5. The summed E-state index contributed by atoms with van der Waals surface area (Å²) >= 11 is 6.21. The van der Waals surface area contributed by atoms with Gasteiger partial charge in [-0.15, -0.1) is 0 Å². The van der Waals surface area contributed by atoms with Crippen LogP contribution in [0.3, 0.4) is 0 Å². The molecule has 0 aliphatic heterocycles. The fourth-order valence-electron chi connectivity index (χ4n) is 3.82. The number of carbonyl (C=O) groups is 2. The molecule has 3 aromatic carbocycles. The monoisotopic (exact) mass is 490 g/mol. The highest BCUT2D eigenvalue weighted by Gasteiger charge is 2.22. The number of aromatic nitrogens is 1. The van der Waals surface area contributed by atoms with Gasteiger partial charge in [-0.3, -0.25) is 10.1 Å². The maximum atomic E-state index is 12.7. The molecule has 0 aliphatic rings. The Balaban J connectivity index is 1.62. The second-order valence-electron chi connectivity index (χ2n) is 7.97. The lowest BCUT2D eigenvalue weighted by atomic mass is 9.94. The Morgan fingerprint density at radius 1 is 1.06 bits per heavy atom. The molecule has 0 saturated carbocycles. The summed E-state index contributed by atoms with van der Waals surface area (Å²) in [5.41, 5.74) is 4.37. The minimum Gasteiger partial charge on any atom is -0.481 e. The Morgan fingerprint density at radius 3 is 2.49 bits per heavy atom. The number of rotatable bonds is 7. The molecule has 0 saturated heterocycles. The third-order valence-corrected chi connectivity index (χ3v) is 5.85. The summed E-state index contributed by atoms with van der Waals surface area (Å²) in [6, 6.07) is 22.0. The van der Waals surface area contributed by atoms with Crippen molar-refractivity contribution in [1.82, 2.24) is 5.16 Å². The molecule has 1 aromatic heterocycles. The number of carbonyl (C=O) groups excluding carboxylic acids is 1. The summed E-state index contributed by atoms with van der Waals surface area (Å²) in [7, 11) is 0. The molecule has 178 valence electrons. The Labute approximate surface area is 207 Å². The van der Waals surface area contributed by atoms with Gasteiger partial charge in [0.1, 0.15) is 17.5 Å². The van der Waals surface area contributed by atoms with Gasteiger partial charge in [-0.2, -0.15) is 0 Å². The number of carboxylic acid groups (broad SMARTS) is 1. The number of nitrogens with one attached hydrogen (secondary N) is 1. The fourth-order valence-corrected chi connectivity index (χ4v) is 4.11. The lowest BCUT2D eigenvalue weighted by molar-refractivity contribution is -0.136. The Kier molecular flexibility index (Phi) is 7.17. The van der Waals surface area contributed by atoms with Crippen LogP contribution in [0.5, 0.6) is 0 Å². The third-order valence-electron chi connectivity index (χ3n) is 5.51. The molecule has 0 bridgehead atoms. The highest BCUT2D eigenvalue weighted by atomic mass is 35.5. The van der Waals surface area contributed by atoms with Crippen molar-refractivity contribution >= 4 is 29.4 Å². The molecule has 2 N–H and O–H groups in total. The summed E-state index contributed by atoms with van der Waals surface area (Å²) in [6.07, 6.45) is -1.46. The molecule has 1 amide bonds.